The smallest absolute Gasteiger partial charge is 0.420 e. The molecule has 0 radical (unpaired) electrons. The quantitative estimate of drug-likeness (QED) is 0.656. The lowest BCUT2D eigenvalue weighted by molar-refractivity contribution is -0.140. The molecule has 0 aliphatic heterocycles. The molecule has 0 saturated carbocycles. The molecular weight excluding hydrogens is 381 g/mol. The number of carbonyl (C=O) groups is 2. The zero-order valence-corrected chi connectivity index (χ0v) is 14.9. The molecule has 0 bridgehead atoms. The average molecular weight is 399 g/mol. The first-order valence-electron chi connectivity index (χ1n) is 7.22. The Morgan fingerprint density at radius 1 is 1.31 bits per heavy atom. The van der Waals surface area contributed by atoms with Gasteiger partial charge in [0.15, 0.2) is 11.8 Å². The lowest BCUT2D eigenvalue weighted by Gasteiger charge is -2.23. The molecule has 0 aromatic heterocycles. The van der Waals surface area contributed by atoms with Gasteiger partial charge in [-0.2, -0.15) is 13.2 Å². The number of hydrogen-bond acceptors (Lipinski definition) is 5. The molecule has 1 aromatic carbocycles. The Hall–Kier alpha value is -2.36. The van der Waals surface area contributed by atoms with Crippen LogP contribution in [0.1, 0.15) is 26.3 Å². The number of aliphatic carboxylic acids is 1. The fourth-order valence-electron chi connectivity index (χ4n) is 1.78. The lowest BCUT2D eigenvalue weighted by Crippen LogP contribution is -2.46. The Kier molecular flexibility index (Phi) is 6.59. The van der Waals surface area contributed by atoms with Gasteiger partial charge in [0.05, 0.1) is 5.69 Å². The summed E-state index contributed by atoms with van der Waals surface area (Å²) in [5.41, 5.74) is 2.92. The number of alkyl halides is 3. The van der Waals surface area contributed by atoms with Gasteiger partial charge < -0.3 is 25.6 Å². The summed E-state index contributed by atoms with van der Waals surface area (Å²) in [5, 5.41) is 10.9. The molecule has 0 spiro atoms. The van der Waals surface area contributed by atoms with E-state index in [2.05, 4.69) is 0 Å². The third kappa shape index (κ3) is 6.51. The minimum Gasteiger partial charge on any atom is -0.488 e. The topological polar surface area (TPSA) is 111 Å². The summed E-state index contributed by atoms with van der Waals surface area (Å²) in [6.45, 7) is 3.86. The second-order valence-electron chi connectivity index (χ2n) is 6.22. The van der Waals surface area contributed by atoms with Crippen LogP contribution < -0.4 is 15.8 Å². The Bertz CT molecular complexity index is 689. The number of nitrogen functional groups attached to an aromatic ring is 1. The van der Waals surface area contributed by atoms with Gasteiger partial charge in [-0.25, -0.2) is 9.59 Å². The maximum absolute atomic E-state index is 13.1. The maximum Gasteiger partial charge on any atom is 0.420 e. The number of amides is 1. The highest BCUT2D eigenvalue weighted by molar-refractivity contribution is 6.31. The zero-order chi connectivity index (χ0) is 20.3. The molecular formula is C15H18ClF3N2O5. The van der Waals surface area contributed by atoms with E-state index in [9.17, 15) is 22.8 Å². The molecule has 1 aromatic rings. The van der Waals surface area contributed by atoms with Crippen LogP contribution >= 0.6 is 11.6 Å². The molecule has 26 heavy (non-hydrogen) atoms. The first kappa shape index (κ1) is 21.7. The first-order chi connectivity index (χ1) is 11.7. The largest absolute Gasteiger partial charge is 0.488 e. The van der Waals surface area contributed by atoms with Gasteiger partial charge in [0, 0.05) is 5.02 Å². The Morgan fingerprint density at radius 3 is 2.35 bits per heavy atom. The number of carboxylic acids is 1. The molecule has 0 fully saturated rings. The number of carboxylic acid groups (broad SMARTS) is 1. The van der Waals surface area contributed by atoms with Gasteiger partial charge in [-0.3, -0.25) is 0 Å². The number of anilines is 1. The summed E-state index contributed by atoms with van der Waals surface area (Å²) in [6.07, 6.45) is -5.89. The van der Waals surface area contributed by atoms with E-state index in [1.807, 2.05) is 5.32 Å². The standard InChI is InChI=1S/C15H18ClF3N2O5/c1-14(2,3)26-13(24)21-10(12(22)23)6-25-11-8(15(17,18)19)4-7(16)5-9(11)20/h4-5,10H,6,20H2,1-3H3,(H,21,24)(H,22,23)/t10-/m0/s1. The van der Waals surface area contributed by atoms with Crippen molar-refractivity contribution >= 4 is 29.4 Å². The van der Waals surface area contributed by atoms with E-state index in [-0.39, 0.29) is 5.02 Å². The highest BCUT2D eigenvalue weighted by Crippen LogP contribution is 2.41. The number of alkyl carbamates (subject to hydrolysis) is 1. The van der Waals surface area contributed by atoms with Crippen molar-refractivity contribution in [2.45, 2.75) is 38.6 Å². The van der Waals surface area contributed by atoms with Crippen molar-refractivity contribution < 1.29 is 37.3 Å². The van der Waals surface area contributed by atoms with Crippen molar-refractivity contribution in [3.8, 4) is 5.75 Å². The number of ether oxygens (including phenoxy) is 2. The summed E-state index contributed by atoms with van der Waals surface area (Å²) >= 11 is 5.57. The van der Waals surface area contributed by atoms with Crippen LogP contribution in [0.4, 0.5) is 23.7 Å². The van der Waals surface area contributed by atoms with Crippen molar-refractivity contribution in [2.24, 2.45) is 0 Å². The van der Waals surface area contributed by atoms with Crippen LogP contribution in [0.15, 0.2) is 12.1 Å². The summed E-state index contributed by atoms with van der Waals surface area (Å²) < 4.78 is 49.1. The predicted molar refractivity (Wildman–Crippen MR) is 87.2 cm³/mol. The van der Waals surface area contributed by atoms with Crippen LogP contribution in [-0.4, -0.2) is 35.4 Å². The van der Waals surface area contributed by atoms with E-state index in [4.69, 9.17) is 31.9 Å². The molecule has 0 heterocycles. The molecule has 0 aliphatic carbocycles. The van der Waals surface area contributed by atoms with E-state index < -0.39 is 53.5 Å². The minimum absolute atomic E-state index is 0.260. The fourth-order valence-corrected chi connectivity index (χ4v) is 2.00. The van der Waals surface area contributed by atoms with Crippen molar-refractivity contribution in [1.82, 2.24) is 5.32 Å². The molecule has 7 nitrogen and oxygen atoms in total. The molecule has 1 atom stereocenters. The maximum atomic E-state index is 13.1. The van der Waals surface area contributed by atoms with Crippen LogP contribution in [0, 0.1) is 0 Å². The van der Waals surface area contributed by atoms with Gasteiger partial charge in [0.2, 0.25) is 0 Å². The highest BCUT2D eigenvalue weighted by atomic mass is 35.5. The fraction of sp³-hybridized carbons (Fsp3) is 0.467. The average Bonchev–Trinajstić information content (AvgIpc) is 2.40. The number of nitrogens with two attached hydrogens (primary N) is 1. The molecule has 1 amide bonds. The van der Waals surface area contributed by atoms with E-state index in [0.29, 0.717) is 6.07 Å². The van der Waals surface area contributed by atoms with Crippen LogP contribution in [0.25, 0.3) is 0 Å². The normalized spacial score (nSPS) is 13.0. The molecule has 0 saturated heterocycles. The molecule has 11 heteroatoms. The molecule has 0 aliphatic rings. The van der Waals surface area contributed by atoms with Crippen molar-refractivity contribution in [1.29, 1.82) is 0 Å². The summed E-state index contributed by atoms with van der Waals surface area (Å²) in [7, 11) is 0. The van der Waals surface area contributed by atoms with E-state index >= 15 is 0 Å². The van der Waals surface area contributed by atoms with E-state index in [1.54, 1.807) is 20.8 Å². The Balaban J connectivity index is 2.97. The number of nitrogens with one attached hydrogen (secondary N) is 1. The second kappa shape index (κ2) is 7.90. The molecule has 0 unspecified atom stereocenters. The first-order valence-corrected chi connectivity index (χ1v) is 7.60. The minimum atomic E-state index is -4.83. The van der Waals surface area contributed by atoms with Crippen molar-refractivity contribution in [3.05, 3.63) is 22.7 Å². The van der Waals surface area contributed by atoms with Crippen LogP contribution in [0.5, 0.6) is 5.75 Å². The third-order valence-electron chi connectivity index (χ3n) is 2.77. The predicted octanol–water partition coefficient (Wildman–Crippen LogP) is 3.30. The lowest BCUT2D eigenvalue weighted by atomic mass is 10.1. The number of hydrogen-bond donors (Lipinski definition) is 3. The van der Waals surface area contributed by atoms with Gasteiger partial charge in [-0.05, 0) is 32.9 Å². The SMILES string of the molecule is CC(C)(C)OC(=O)N[C@@H](COc1c(N)cc(Cl)cc1C(F)(F)F)C(=O)O. The number of halogens is 4. The molecule has 146 valence electrons. The Morgan fingerprint density at radius 2 is 1.88 bits per heavy atom. The molecule has 4 N–H and O–H groups in total. The molecule has 1 rings (SSSR count). The number of rotatable bonds is 5. The van der Waals surface area contributed by atoms with Gasteiger partial charge in [-0.15, -0.1) is 0 Å². The summed E-state index contributed by atoms with van der Waals surface area (Å²) in [4.78, 5) is 22.9. The van der Waals surface area contributed by atoms with Crippen LogP contribution in [0.2, 0.25) is 5.02 Å². The zero-order valence-electron chi connectivity index (χ0n) is 14.1. The number of benzene rings is 1. The van der Waals surface area contributed by atoms with Gasteiger partial charge >= 0.3 is 18.2 Å². The van der Waals surface area contributed by atoms with Crippen LogP contribution in [-0.2, 0) is 15.7 Å². The second-order valence-corrected chi connectivity index (χ2v) is 6.65. The Labute approximate surface area is 152 Å². The summed E-state index contributed by atoms with van der Waals surface area (Å²) in [6, 6.07) is -0.0333. The van der Waals surface area contributed by atoms with E-state index in [0.717, 1.165) is 6.07 Å². The van der Waals surface area contributed by atoms with Gasteiger partial charge in [-0.1, -0.05) is 11.6 Å². The highest BCUT2D eigenvalue weighted by Gasteiger charge is 2.36. The van der Waals surface area contributed by atoms with Crippen molar-refractivity contribution in [2.75, 3.05) is 12.3 Å². The van der Waals surface area contributed by atoms with Gasteiger partial charge in [0.1, 0.15) is 17.8 Å². The summed E-state index contributed by atoms with van der Waals surface area (Å²) in [5.74, 6) is -2.31. The number of carbonyl (C=O) groups excluding carboxylic acids is 1. The van der Waals surface area contributed by atoms with Crippen LogP contribution in [0.3, 0.4) is 0 Å². The van der Waals surface area contributed by atoms with Gasteiger partial charge in [0.25, 0.3) is 0 Å². The third-order valence-corrected chi connectivity index (χ3v) is 2.99. The van der Waals surface area contributed by atoms with E-state index in [1.165, 1.54) is 0 Å². The van der Waals surface area contributed by atoms with Crippen molar-refractivity contribution in [3.63, 3.8) is 0 Å². The monoisotopic (exact) mass is 398 g/mol.